The third-order valence-corrected chi connectivity index (χ3v) is 2.71. The van der Waals surface area contributed by atoms with Crippen LogP contribution in [0.3, 0.4) is 0 Å². The van der Waals surface area contributed by atoms with Gasteiger partial charge in [-0.1, -0.05) is 48.5 Å². The van der Waals surface area contributed by atoms with Gasteiger partial charge in [0, 0.05) is 0 Å². The van der Waals surface area contributed by atoms with Gasteiger partial charge in [-0.05, 0) is 28.7 Å². The molecular formula is C13H11+. The minimum atomic E-state index is 0. The maximum atomic E-state index is 2.22. The maximum Gasteiger partial charge on any atom is 1.00 e. The molecule has 3 rings (SSSR count). The lowest BCUT2D eigenvalue weighted by Crippen LogP contribution is -1.77. The van der Waals surface area contributed by atoms with Crippen molar-refractivity contribution in [2.45, 2.75) is 6.42 Å². The summed E-state index contributed by atoms with van der Waals surface area (Å²) >= 11 is 0. The van der Waals surface area contributed by atoms with Gasteiger partial charge in [-0.15, -0.1) is 0 Å². The van der Waals surface area contributed by atoms with E-state index in [9.17, 15) is 0 Å². The SMILES string of the molecule is [H+].c1ccc2c(c1)Cc1ccccc1-2. The number of hydrogen-bond acceptors (Lipinski definition) is 0. The van der Waals surface area contributed by atoms with Crippen molar-refractivity contribution in [3.63, 3.8) is 0 Å². The molecule has 0 aliphatic heterocycles. The first-order chi connectivity index (χ1) is 6.45. The van der Waals surface area contributed by atoms with E-state index in [0.717, 1.165) is 6.42 Å². The Bertz CT molecular complexity index is 417. The predicted octanol–water partition coefficient (Wildman–Crippen LogP) is 3.37. The van der Waals surface area contributed by atoms with Gasteiger partial charge < -0.3 is 0 Å². The Hall–Kier alpha value is -1.56. The van der Waals surface area contributed by atoms with E-state index in [1.807, 2.05) is 0 Å². The van der Waals surface area contributed by atoms with Gasteiger partial charge in [-0.2, -0.15) is 0 Å². The van der Waals surface area contributed by atoms with Crippen molar-refractivity contribution < 1.29 is 1.43 Å². The van der Waals surface area contributed by atoms with E-state index in [0.29, 0.717) is 0 Å². The van der Waals surface area contributed by atoms with Crippen molar-refractivity contribution >= 4 is 0 Å². The van der Waals surface area contributed by atoms with Gasteiger partial charge in [0.1, 0.15) is 0 Å². The van der Waals surface area contributed by atoms with Crippen LogP contribution in [0, 0.1) is 0 Å². The van der Waals surface area contributed by atoms with E-state index < -0.39 is 0 Å². The van der Waals surface area contributed by atoms with Crippen LogP contribution in [0.25, 0.3) is 11.1 Å². The molecule has 1 aliphatic carbocycles. The van der Waals surface area contributed by atoms with Crippen LogP contribution < -0.4 is 0 Å². The molecule has 0 spiro atoms. The third-order valence-electron chi connectivity index (χ3n) is 2.71. The fourth-order valence-corrected chi connectivity index (χ4v) is 2.08. The molecule has 13 heavy (non-hydrogen) atoms. The van der Waals surface area contributed by atoms with Crippen LogP contribution >= 0.6 is 0 Å². The van der Waals surface area contributed by atoms with E-state index >= 15 is 0 Å². The highest BCUT2D eigenvalue weighted by Gasteiger charge is 2.15. The molecule has 0 fully saturated rings. The van der Waals surface area contributed by atoms with Crippen LogP contribution in [0.4, 0.5) is 0 Å². The van der Waals surface area contributed by atoms with Crippen LogP contribution in [-0.2, 0) is 6.42 Å². The Morgan fingerprint density at radius 2 is 1.15 bits per heavy atom. The van der Waals surface area contributed by atoms with Crippen molar-refractivity contribution in [2.24, 2.45) is 0 Å². The Morgan fingerprint density at radius 1 is 0.692 bits per heavy atom. The first-order valence-electron chi connectivity index (χ1n) is 4.61. The fourth-order valence-electron chi connectivity index (χ4n) is 2.08. The van der Waals surface area contributed by atoms with Gasteiger partial charge in [-0.25, -0.2) is 0 Å². The van der Waals surface area contributed by atoms with Crippen molar-refractivity contribution in [2.75, 3.05) is 0 Å². The lowest BCUT2D eigenvalue weighted by molar-refractivity contribution is 1.26. The fraction of sp³-hybridized carbons (Fsp3) is 0.0769. The summed E-state index contributed by atoms with van der Waals surface area (Å²) in [7, 11) is 0. The van der Waals surface area contributed by atoms with Crippen molar-refractivity contribution in [1.82, 2.24) is 0 Å². The van der Waals surface area contributed by atoms with Crippen molar-refractivity contribution in [3.8, 4) is 11.1 Å². The molecule has 0 nitrogen and oxygen atoms in total. The summed E-state index contributed by atoms with van der Waals surface area (Å²) < 4.78 is 0. The molecule has 2 aromatic carbocycles. The summed E-state index contributed by atoms with van der Waals surface area (Å²) in [5.74, 6) is 0. The summed E-state index contributed by atoms with van der Waals surface area (Å²) in [6.07, 6.45) is 1.10. The van der Waals surface area contributed by atoms with Crippen molar-refractivity contribution in [3.05, 3.63) is 59.7 Å². The molecule has 0 atom stereocenters. The van der Waals surface area contributed by atoms with E-state index in [1.54, 1.807) is 0 Å². The average Bonchev–Trinajstić information content (AvgIpc) is 2.56. The largest absolute Gasteiger partial charge is 1.00 e. The standard InChI is InChI=1S/C13H10/c1-3-7-12-10(5-1)9-11-6-2-4-8-13(11)12/h1-8H,9H2/p+1. The normalized spacial score (nSPS) is 12.3. The second-order valence-electron chi connectivity index (χ2n) is 3.49. The summed E-state index contributed by atoms with van der Waals surface area (Å²) in [5, 5.41) is 0. The van der Waals surface area contributed by atoms with E-state index in [2.05, 4.69) is 48.5 Å². The zero-order chi connectivity index (χ0) is 8.67. The second-order valence-corrected chi connectivity index (χ2v) is 3.49. The molecule has 0 bridgehead atoms. The Balaban J connectivity index is 0.000000750. The minimum absolute atomic E-state index is 0. The zero-order valence-electron chi connectivity index (χ0n) is 8.33. The van der Waals surface area contributed by atoms with Crippen LogP contribution in [0.15, 0.2) is 48.5 Å². The van der Waals surface area contributed by atoms with Gasteiger partial charge in [0.05, 0.1) is 0 Å². The predicted molar refractivity (Wildman–Crippen MR) is 55.8 cm³/mol. The van der Waals surface area contributed by atoms with E-state index in [1.165, 1.54) is 22.3 Å². The first-order valence-corrected chi connectivity index (χ1v) is 4.61. The van der Waals surface area contributed by atoms with Crippen LogP contribution in [0.5, 0.6) is 0 Å². The minimum Gasteiger partial charge on any atom is -0.0619 e. The molecule has 0 unspecified atom stereocenters. The molecule has 0 aromatic heterocycles. The third kappa shape index (κ3) is 0.919. The highest BCUT2D eigenvalue weighted by atomic mass is 14.2. The van der Waals surface area contributed by atoms with E-state index in [4.69, 9.17) is 0 Å². The maximum absolute atomic E-state index is 2.22. The highest BCUT2D eigenvalue weighted by molar-refractivity contribution is 5.76. The average molecular weight is 167 g/mol. The lowest BCUT2D eigenvalue weighted by Gasteiger charge is -1.98. The molecule has 1 aliphatic rings. The Labute approximate surface area is 79.3 Å². The molecule has 0 radical (unpaired) electrons. The van der Waals surface area contributed by atoms with Crippen LogP contribution in [0.2, 0.25) is 0 Å². The molecular weight excluding hydrogens is 156 g/mol. The molecule has 2 aromatic rings. The second kappa shape index (κ2) is 2.46. The molecule has 62 valence electrons. The number of rotatable bonds is 0. The summed E-state index contributed by atoms with van der Waals surface area (Å²) in [5.41, 5.74) is 5.75. The monoisotopic (exact) mass is 167 g/mol. The zero-order valence-corrected chi connectivity index (χ0v) is 7.33. The van der Waals surface area contributed by atoms with Gasteiger partial charge in [0.2, 0.25) is 0 Å². The quantitative estimate of drug-likeness (QED) is 0.481. The molecule has 0 N–H and O–H groups in total. The highest BCUT2D eigenvalue weighted by Crippen LogP contribution is 2.35. The number of fused-ring (bicyclic) bond motifs is 3. The number of benzene rings is 2. The molecule has 0 saturated carbocycles. The molecule has 0 saturated heterocycles. The summed E-state index contributed by atoms with van der Waals surface area (Å²) in [6.45, 7) is 0. The van der Waals surface area contributed by atoms with Gasteiger partial charge >= 0.3 is 1.43 Å². The Kier molecular flexibility index (Phi) is 1.31. The van der Waals surface area contributed by atoms with Gasteiger partial charge in [0.25, 0.3) is 0 Å². The number of hydrogen-bond donors (Lipinski definition) is 0. The van der Waals surface area contributed by atoms with Crippen molar-refractivity contribution in [1.29, 1.82) is 0 Å². The van der Waals surface area contributed by atoms with Crippen LogP contribution in [0.1, 0.15) is 12.6 Å². The first kappa shape index (κ1) is 6.90. The molecule has 0 heteroatoms. The van der Waals surface area contributed by atoms with Gasteiger partial charge in [0.15, 0.2) is 0 Å². The summed E-state index contributed by atoms with van der Waals surface area (Å²) in [4.78, 5) is 0. The topological polar surface area (TPSA) is 0 Å². The summed E-state index contributed by atoms with van der Waals surface area (Å²) in [6, 6.07) is 17.3. The van der Waals surface area contributed by atoms with Gasteiger partial charge in [-0.3, -0.25) is 0 Å². The van der Waals surface area contributed by atoms with E-state index in [-0.39, 0.29) is 1.43 Å². The Morgan fingerprint density at radius 3 is 1.69 bits per heavy atom. The molecule has 0 heterocycles. The lowest BCUT2D eigenvalue weighted by atomic mass is 10.1. The van der Waals surface area contributed by atoms with Crippen LogP contribution in [-0.4, -0.2) is 0 Å². The molecule has 0 amide bonds. The smallest absolute Gasteiger partial charge is 0.0619 e.